The zero-order chi connectivity index (χ0) is 13.1. The number of nitrogens with zero attached hydrogens (tertiary/aromatic N) is 3. The minimum atomic E-state index is -0.783. The third-order valence-corrected chi connectivity index (χ3v) is 3.59. The maximum atomic E-state index is 11.9. The summed E-state index contributed by atoms with van der Waals surface area (Å²) in [5, 5.41) is 12.0. The maximum Gasteiger partial charge on any atom is 0.323 e. The average molecular weight is 270 g/mol. The van der Waals surface area contributed by atoms with Crippen LogP contribution < -0.4 is 5.32 Å². The fraction of sp³-hybridized carbons (Fsp3) is 0.600. The molecule has 0 atom stereocenters. The molecule has 2 heterocycles. The van der Waals surface area contributed by atoms with Crippen molar-refractivity contribution in [1.82, 2.24) is 14.3 Å². The average Bonchev–Trinajstić information content (AvgIpc) is 2.75. The number of hydrogen-bond acceptors (Lipinski definition) is 5. The highest BCUT2D eigenvalue weighted by Gasteiger charge is 2.27. The number of carboxylic acids is 1. The van der Waals surface area contributed by atoms with Crippen molar-refractivity contribution in [2.45, 2.75) is 19.8 Å². The van der Waals surface area contributed by atoms with Crippen molar-refractivity contribution in [1.29, 1.82) is 0 Å². The van der Waals surface area contributed by atoms with Crippen LogP contribution in [0.4, 0.5) is 9.93 Å². The Kier molecular flexibility index (Phi) is 3.75. The summed E-state index contributed by atoms with van der Waals surface area (Å²) in [4.78, 5) is 28.3. The van der Waals surface area contributed by atoms with Gasteiger partial charge in [0.1, 0.15) is 5.82 Å². The number of carbonyl (C=O) groups excluding carboxylic acids is 1. The van der Waals surface area contributed by atoms with Gasteiger partial charge in [0.2, 0.25) is 5.13 Å². The minimum Gasteiger partial charge on any atom is -0.481 e. The van der Waals surface area contributed by atoms with Crippen LogP contribution in [0.25, 0.3) is 0 Å². The molecule has 0 spiro atoms. The summed E-state index contributed by atoms with van der Waals surface area (Å²) in [6.45, 7) is 2.67. The zero-order valence-corrected chi connectivity index (χ0v) is 10.7. The number of urea groups is 1. The van der Waals surface area contributed by atoms with E-state index in [-0.39, 0.29) is 11.9 Å². The SMILES string of the molecule is Cc1nsc(NC(=O)N2CCC(C(=O)O)CC2)n1. The van der Waals surface area contributed by atoms with Crippen molar-refractivity contribution in [2.75, 3.05) is 18.4 Å². The van der Waals surface area contributed by atoms with Crippen LogP contribution in [0.2, 0.25) is 0 Å². The molecule has 1 fully saturated rings. The third kappa shape index (κ3) is 2.95. The number of anilines is 1. The molecule has 1 aromatic heterocycles. The molecule has 18 heavy (non-hydrogen) atoms. The highest BCUT2D eigenvalue weighted by Crippen LogP contribution is 2.18. The molecule has 0 saturated carbocycles. The zero-order valence-electron chi connectivity index (χ0n) is 9.92. The Morgan fingerprint density at radius 1 is 1.44 bits per heavy atom. The second-order valence-electron chi connectivity index (χ2n) is 4.18. The first-order valence-electron chi connectivity index (χ1n) is 5.65. The van der Waals surface area contributed by atoms with Gasteiger partial charge in [0, 0.05) is 24.6 Å². The Hall–Kier alpha value is -1.70. The van der Waals surface area contributed by atoms with Gasteiger partial charge in [-0.05, 0) is 19.8 Å². The van der Waals surface area contributed by atoms with Crippen LogP contribution in [-0.4, -0.2) is 44.5 Å². The normalized spacial score (nSPS) is 16.6. The van der Waals surface area contributed by atoms with Gasteiger partial charge in [0.05, 0.1) is 5.92 Å². The lowest BCUT2D eigenvalue weighted by molar-refractivity contribution is -0.143. The summed E-state index contributed by atoms with van der Waals surface area (Å²) >= 11 is 1.13. The van der Waals surface area contributed by atoms with E-state index in [1.165, 1.54) is 0 Å². The van der Waals surface area contributed by atoms with Crippen molar-refractivity contribution in [2.24, 2.45) is 5.92 Å². The highest BCUT2D eigenvalue weighted by atomic mass is 32.1. The van der Waals surface area contributed by atoms with E-state index in [1.807, 2.05) is 0 Å². The van der Waals surface area contributed by atoms with Crippen LogP contribution in [-0.2, 0) is 4.79 Å². The van der Waals surface area contributed by atoms with Crippen LogP contribution in [0.5, 0.6) is 0 Å². The summed E-state index contributed by atoms with van der Waals surface area (Å²) in [6.07, 6.45) is 0.996. The molecule has 1 saturated heterocycles. The Morgan fingerprint density at radius 2 is 2.11 bits per heavy atom. The van der Waals surface area contributed by atoms with Crippen LogP contribution in [0.1, 0.15) is 18.7 Å². The van der Waals surface area contributed by atoms with Gasteiger partial charge in [0.25, 0.3) is 0 Å². The predicted octanol–water partition coefficient (Wildman–Crippen LogP) is 1.18. The van der Waals surface area contributed by atoms with E-state index in [4.69, 9.17) is 5.11 Å². The van der Waals surface area contributed by atoms with Gasteiger partial charge in [-0.3, -0.25) is 10.1 Å². The van der Waals surface area contributed by atoms with E-state index in [0.29, 0.717) is 36.9 Å². The van der Waals surface area contributed by atoms with E-state index in [2.05, 4.69) is 14.7 Å². The van der Waals surface area contributed by atoms with Gasteiger partial charge >= 0.3 is 12.0 Å². The van der Waals surface area contributed by atoms with E-state index >= 15 is 0 Å². The summed E-state index contributed by atoms with van der Waals surface area (Å²) in [5.74, 6) is -0.493. The highest BCUT2D eigenvalue weighted by molar-refractivity contribution is 7.09. The number of rotatable bonds is 2. The largest absolute Gasteiger partial charge is 0.481 e. The van der Waals surface area contributed by atoms with Crippen LogP contribution in [0.3, 0.4) is 0 Å². The fourth-order valence-electron chi connectivity index (χ4n) is 1.85. The fourth-order valence-corrected chi connectivity index (χ4v) is 2.41. The molecule has 1 aliphatic rings. The number of amides is 2. The van der Waals surface area contributed by atoms with Gasteiger partial charge in [-0.1, -0.05) is 0 Å². The molecule has 0 bridgehead atoms. The first-order chi connectivity index (χ1) is 8.56. The Labute approximate surface area is 108 Å². The van der Waals surface area contributed by atoms with E-state index in [0.717, 1.165) is 11.5 Å². The van der Waals surface area contributed by atoms with Crippen LogP contribution in [0, 0.1) is 12.8 Å². The molecule has 0 aromatic carbocycles. The first-order valence-corrected chi connectivity index (χ1v) is 6.42. The minimum absolute atomic E-state index is 0.241. The van der Waals surface area contributed by atoms with Crippen LogP contribution in [0.15, 0.2) is 0 Å². The van der Waals surface area contributed by atoms with Gasteiger partial charge in [0.15, 0.2) is 0 Å². The number of carbonyl (C=O) groups is 2. The number of aliphatic carboxylic acids is 1. The van der Waals surface area contributed by atoms with Gasteiger partial charge < -0.3 is 10.0 Å². The number of aryl methyl sites for hydroxylation is 1. The quantitative estimate of drug-likeness (QED) is 0.841. The van der Waals surface area contributed by atoms with Gasteiger partial charge in [-0.2, -0.15) is 4.37 Å². The molecule has 8 heteroatoms. The second kappa shape index (κ2) is 5.30. The summed E-state index contributed by atoms with van der Waals surface area (Å²) in [6, 6.07) is -0.241. The smallest absolute Gasteiger partial charge is 0.323 e. The number of nitrogens with one attached hydrogen (secondary N) is 1. The molecule has 1 aromatic rings. The standard InChI is InChI=1S/C10H14N4O3S/c1-6-11-9(18-13-6)12-10(17)14-4-2-7(3-5-14)8(15)16/h7H,2-5H2,1H3,(H,15,16)(H,11,12,13,17). The topological polar surface area (TPSA) is 95.4 Å². The van der Waals surface area contributed by atoms with E-state index < -0.39 is 5.97 Å². The number of aromatic nitrogens is 2. The lowest BCUT2D eigenvalue weighted by atomic mass is 9.97. The predicted molar refractivity (Wildman–Crippen MR) is 65.6 cm³/mol. The molecule has 0 radical (unpaired) electrons. The molecule has 2 rings (SSSR count). The lowest BCUT2D eigenvalue weighted by Crippen LogP contribution is -2.42. The monoisotopic (exact) mass is 270 g/mol. The number of hydrogen-bond donors (Lipinski definition) is 2. The maximum absolute atomic E-state index is 11.9. The van der Waals surface area contributed by atoms with Crippen molar-refractivity contribution >= 4 is 28.7 Å². The molecule has 2 amide bonds. The van der Waals surface area contributed by atoms with Gasteiger partial charge in [-0.25, -0.2) is 9.78 Å². The first kappa shape index (κ1) is 12.7. The summed E-state index contributed by atoms with van der Waals surface area (Å²) in [7, 11) is 0. The second-order valence-corrected chi connectivity index (χ2v) is 4.93. The number of likely N-dealkylation sites (tertiary alicyclic amines) is 1. The van der Waals surface area contributed by atoms with Crippen molar-refractivity contribution in [3.63, 3.8) is 0 Å². The molecule has 7 nitrogen and oxygen atoms in total. The number of carboxylic acid groups (broad SMARTS) is 1. The molecule has 0 aliphatic carbocycles. The van der Waals surface area contributed by atoms with Gasteiger partial charge in [-0.15, -0.1) is 0 Å². The molecule has 98 valence electrons. The number of piperidine rings is 1. The Morgan fingerprint density at radius 3 is 2.61 bits per heavy atom. The van der Waals surface area contributed by atoms with Crippen LogP contribution >= 0.6 is 11.5 Å². The molecular weight excluding hydrogens is 256 g/mol. The van der Waals surface area contributed by atoms with Crippen molar-refractivity contribution in [3.8, 4) is 0 Å². The van der Waals surface area contributed by atoms with Crippen molar-refractivity contribution in [3.05, 3.63) is 5.82 Å². The third-order valence-electron chi connectivity index (χ3n) is 2.87. The van der Waals surface area contributed by atoms with E-state index in [1.54, 1.807) is 11.8 Å². The Balaban J connectivity index is 1.86. The molecule has 0 unspecified atom stereocenters. The van der Waals surface area contributed by atoms with E-state index in [9.17, 15) is 9.59 Å². The van der Waals surface area contributed by atoms with Crippen molar-refractivity contribution < 1.29 is 14.7 Å². The molecular formula is C10H14N4O3S. The summed E-state index contributed by atoms with van der Waals surface area (Å²) < 4.78 is 3.97. The lowest BCUT2D eigenvalue weighted by Gasteiger charge is -2.29. The Bertz CT molecular complexity index is 454. The summed E-state index contributed by atoms with van der Waals surface area (Å²) in [5.41, 5.74) is 0. The molecule has 1 aliphatic heterocycles. The molecule has 2 N–H and O–H groups in total.